The molecule has 2 heterocycles. The average molecular weight is 472 g/mol. The molecule has 9 heteroatoms. The highest BCUT2D eigenvalue weighted by Gasteiger charge is 2.29. The molecule has 1 aliphatic heterocycles. The Morgan fingerprint density at radius 3 is 2.64 bits per heavy atom. The van der Waals surface area contributed by atoms with E-state index < -0.39 is 10.0 Å². The van der Waals surface area contributed by atoms with Crippen LogP contribution in [0.1, 0.15) is 22.8 Å². The topological polar surface area (TPSA) is 89.9 Å². The van der Waals surface area contributed by atoms with Crippen LogP contribution in [0.5, 0.6) is 0 Å². The summed E-state index contributed by atoms with van der Waals surface area (Å²) in [6, 6.07) is 12.6. The number of carbonyl (C=O) groups is 1. The van der Waals surface area contributed by atoms with E-state index in [-0.39, 0.29) is 10.8 Å². The van der Waals surface area contributed by atoms with Crippen LogP contribution in [0.25, 0.3) is 10.9 Å². The molecule has 8 nitrogen and oxygen atoms in total. The molecule has 0 spiro atoms. The quantitative estimate of drug-likeness (QED) is 0.545. The fraction of sp³-hybridized carbons (Fsp3) is 0.375. The van der Waals surface area contributed by atoms with E-state index in [1.54, 1.807) is 19.2 Å². The SMILES string of the molecule is CCc1ccc(C(=O)Nc2ccc3c(ccn3CCOC)c2)cc1S(=O)(=O)N1CCOCC1. The number of amides is 1. The average Bonchev–Trinajstić information content (AvgIpc) is 3.24. The lowest BCUT2D eigenvalue weighted by Gasteiger charge is -2.27. The Morgan fingerprint density at radius 1 is 1.12 bits per heavy atom. The van der Waals surface area contributed by atoms with Gasteiger partial charge in [-0.2, -0.15) is 4.31 Å². The molecule has 0 bridgehead atoms. The monoisotopic (exact) mass is 471 g/mol. The lowest BCUT2D eigenvalue weighted by atomic mass is 10.1. The summed E-state index contributed by atoms with van der Waals surface area (Å²) in [5.41, 5.74) is 2.69. The van der Waals surface area contributed by atoms with E-state index in [4.69, 9.17) is 9.47 Å². The molecule has 1 aliphatic rings. The molecule has 1 aromatic heterocycles. The van der Waals surface area contributed by atoms with Gasteiger partial charge in [0.2, 0.25) is 10.0 Å². The lowest BCUT2D eigenvalue weighted by molar-refractivity contribution is 0.0730. The molecular formula is C24H29N3O5S. The first-order valence-electron chi connectivity index (χ1n) is 11.0. The number of fused-ring (bicyclic) bond motifs is 1. The molecule has 2 aromatic carbocycles. The molecule has 0 atom stereocenters. The molecule has 1 fully saturated rings. The van der Waals surface area contributed by atoms with Crippen molar-refractivity contribution in [2.24, 2.45) is 0 Å². The number of aryl methyl sites for hydroxylation is 1. The van der Waals surface area contributed by atoms with Crippen LogP contribution in [0, 0.1) is 0 Å². The van der Waals surface area contributed by atoms with Gasteiger partial charge in [0, 0.05) is 55.1 Å². The number of hydrogen-bond donors (Lipinski definition) is 1. The first-order chi connectivity index (χ1) is 15.9. The van der Waals surface area contributed by atoms with Crippen LogP contribution in [0.15, 0.2) is 53.6 Å². The van der Waals surface area contributed by atoms with E-state index in [0.29, 0.717) is 56.1 Å². The first-order valence-corrected chi connectivity index (χ1v) is 12.5. The summed E-state index contributed by atoms with van der Waals surface area (Å²) in [6.45, 7) is 4.63. The highest BCUT2D eigenvalue weighted by molar-refractivity contribution is 7.89. The van der Waals surface area contributed by atoms with Crippen molar-refractivity contribution in [2.75, 3.05) is 45.3 Å². The van der Waals surface area contributed by atoms with Gasteiger partial charge in [-0.1, -0.05) is 13.0 Å². The number of nitrogens with zero attached hydrogens (tertiary/aromatic N) is 2. The second-order valence-electron chi connectivity index (χ2n) is 7.92. The molecule has 33 heavy (non-hydrogen) atoms. The molecule has 176 valence electrons. The van der Waals surface area contributed by atoms with Crippen molar-refractivity contribution < 1.29 is 22.7 Å². The van der Waals surface area contributed by atoms with Crippen LogP contribution in [-0.4, -0.2) is 63.2 Å². The summed E-state index contributed by atoms with van der Waals surface area (Å²) in [6.07, 6.45) is 2.54. The van der Waals surface area contributed by atoms with Crippen LogP contribution >= 0.6 is 0 Å². The van der Waals surface area contributed by atoms with E-state index in [1.807, 2.05) is 37.4 Å². The van der Waals surface area contributed by atoms with Gasteiger partial charge in [-0.15, -0.1) is 0 Å². The van der Waals surface area contributed by atoms with Crippen molar-refractivity contribution in [1.29, 1.82) is 0 Å². The van der Waals surface area contributed by atoms with Crippen molar-refractivity contribution in [3.63, 3.8) is 0 Å². The van der Waals surface area contributed by atoms with Gasteiger partial charge < -0.3 is 19.4 Å². The maximum atomic E-state index is 13.3. The van der Waals surface area contributed by atoms with E-state index in [9.17, 15) is 13.2 Å². The Balaban J connectivity index is 1.58. The fourth-order valence-corrected chi connectivity index (χ4v) is 5.75. The highest BCUT2D eigenvalue weighted by atomic mass is 32.2. The number of nitrogens with one attached hydrogen (secondary N) is 1. The molecule has 1 amide bonds. The maximum Gasteiger partial charge on any atom is 0.255 e. The first kappa shape index (κ1) is 23.4. The highest BCUT2D eigenvalue weighted by Crippen LogP contribution is 2.25. The molecule has 4 rings (SSSR count). The van der Waals surface area contributed by atoms with Crippen LogP contribution < -0.4 is 5.32 Å². The summed E-state index contributed by atoms with van der Waals surface area (Å²) >= 11 is 0. The zero-order chi connectivity index (χ0) is 23.4. The molecule has 0 aliphatic carbocycles. The molecule has 0 saturated carbocycles. The summed E-state index contributed by atoms with van der Waals surface area (Å²) in [5.74, 6) is -0.353. The number of sulfonamides is 1. The number of anilines is 1. The van der Waals surface area contributed by atoms with Crippen molar-refractivity contribution in [3.8, 4) is 0 Å². The largest absolute Gasteiger partial charge is 0.383 e. The Hall–Kier alpha value is -2.72. The second kappa shape index (κ2) is 10.0. The molecule has 0 unspecified atom stereocenters. The standard InChI is InChI=1S/C24H29N3O5S/c1-3-18-4-5-20(17-23(18)33(29,30)27-11-14-32-15-12-27)24(28)25-21-6-7-22-19(16-21)8-9-26(22)10-13-31-2/h4-9,16-17H,3,10-15H2,1-2H3,(H,25,28). The molecule has 1 saturated heterocycles. The molecule has 3 aromatic rings. The molecular weight excluding hydrogens is 442 g/mol. The predicted molar refractivity (Wildman–Crippen MR) is 127 cm³/mol. The van der Waals surface area contributed by atoms with Crippen molar-refractivity contribution in [3.05, 3.63) is 59.8 Å². The molecule has 1 N–H and O–H groups in total. The van der Waals surface area contributed by atoms with E-state index in [1.165, 1.54) is 10.4 Å². The smallest absolute Gasteiger partial charge is 0.255 e. The predicted octanol–water partition coefficient (Wildman–Crippen LogP) is 3.12. The summed E-state index contributed by atoms with van der Waals surface area (Å²) in [5, 5.41) is 3.90. The second-order valence-corrected chi connectivity index (χ2v) is 9.83. The minimum Gasteiger partial charge on any atom is -0.383 e. The van der Waals surface area contributed by atoms with E-state index in [2.05, 4.69) is 9.88 Å². The lowest BCUT2D eigenvalue weighted by Crippen LogP contribution is -2.41. The van der Waals surface area contributed by atoms with Gasteiger partial charge in [0.05, 0.1) is 24.7 Å². The third kappa shape index (κ3) is 4.96. The zero-order valence-electron chi connectivity index (χ0n) is 18.9. The summed E-state index contributed by atoms with van der Waals surface area (Å²) < 4.78 is 40.5. The fourth-order valence-electron chi connectivity index (χ4n) is 4.02. The normalized spacial score (nSPS) is 15.1. The van der Waals surface area contributed by atoms with Crippen LogP contribution in [-0.2, 0) is 32.5 Å². The van der Waals surface area contributed by atoms with Gasteiger partial charge in [0.1, 0.15) is 0 Å². The molecule has 0 radical (unpaired) electrons. The van der Waals surface area contributed by atoms with Crippen molar-refractivity contribution in [1.82, 2.24) is 8.87 Å². The van der Waals surface area contributed by atoms with Gasteiger partial charge in [0.25, 0.3) is 5.91 Å². The third-order valence-electron chi connectivity index (χ3n) is 5.86. The van der Waals surface area contributed by atoms with Gasteiger partial charge in [-0.25, -0.2) is 8.42 Å². The Bertz CT molecular complexity index is 1250. The van der Waals surface area contributed by atoms with E-state index in [0.717, 1.165) is 17.4 Å². The number of ether oxygens (including phenoxy) is 2. The van der Waals surface area contributed by atoms with Crippen molar-refractivity contribution in [2.45, 2.75) is 24.8 Å². The Kier molecular flexibility index (Phi) is 7.14. The van der Waals surface area contributed by atoms with E-state index >= 15 is 0 Å². The van der Waals surface area contributed by atoms with Gasteiger partial charge in [0.15, 0.2) is 0 Å². The van der Waals surface area contributed by atoms with Gasteiger partial charge in [-0.05, 0) is 48.4 Å². The number of aromatic nitrogens is 1. The third-order valence-corrected chi connectivity index (χ3v) is 7.84. The van der Waals surface area contributed by atoms with Gasteiger partial charge in [-0.3, -0.25) is 4.79 Å². The Labute approximate surface area is 194 Å². The number of methoxy groups -OCH3 is 1. The minimum atomic E-state index is -3.71. The maximum absolute atomic E-state index is 13.3. The summed E-state index contributed by atoms with van der Waals surface area (Å²) in [4.78, 5) is 13.2. The van der Waals surface area contributed by atoms with Crippen LogP contribution in [0.4, 0.5) is 5.69 Å². The Morgan fingerprint density at radius 2 is 1.91 bits per heavy atom. The number of benzene rings is 2. The minimum absolute atomic E-state index is 0.185. The van der Waals surface area contributed by atoms with Gasteiger partial charge >= 0.3 is 0 Å². The van der Waals surface area contributed by atoms with Crippen LogP contribution in [0.2, 0.25) is 0 Å². The van der Waals surface area contributed by atoms with Crippen LogP contribution in [0.3, 0.4) is 0 Å². The zero-order valence-corrected chi connectivity index (χ0v) is 19.7. The summed E-state index contributed by atoms with van der Waals surface area (Å²) in [7, 11) is -2.04. The number of rotatable bonds is 8. The number of hydrogen-bond acceptors (Lipinski definition) is 5. The van der Waals surface area contributed by atoms with Crippen molar-refractivity contribution >= 4 is 32.5 Å². The number of morpholine rings is 1. The number of carbonyl (C=O) groups excluding carboxylic acids is 1.